The van der Waals surface area contributed by atoms with Gasteiger partial charge < -0.3 is 0 Å². The average Bonchev–Trinajstić information content (AvgIpc) is 2.23. The minimum atomic E-state index is 0.759. The Labute approximate surface area is 94.2 Å². The number of allylic oxidation sites excluding steroid dienone is 2. The van der Waals surface area contributed by atoms with Gasteiger partial charge in [-0.1, -0.05) is 18.2 Å². The van der Waals surface area contributed by atoms with Crippen LogP contribution in [0.2, 0.25) is 0 Å². The summed E-state index contributed by atoms with van der Waals surface area (Å²) in [6, 6.07) is 0. The maximum atomic E-state index is 3.86. The highest BCUT2D eigenvalue weighted by Gasteiger charge is 2.26. The first kappa shape index (κ1) is 12.3. The highest BCUT2D eigenvalue weighted by Crippen LogP contribution is 2.29. The molecule has 0 aromatic heterocycles. The van der Waals surface area contributed by atoms with E-state index in [2.05, 4.69) is 36.8 Å². The summed E-state index contributed by atoms with van der Waals surface area (Å²) in [5.74, 6) is 1.57. The first-order valence-corrected chi connectivity index (χ1v) is 5.86. The van der Waals surface area contributed by atoms with E-state index in [-0.39, 0.29) is 0 Å². The summed E-state index contributed by atoms with van der Waals surface area (Å²) in [7, 11) is 0. The number of hydrogen-bond acceptors (Lipinski definition) is 1. The van der Waals surface area contributed by atoms with Crippen LogP contribution in [0.1, 0.15) is 19.3 Å². The van der Waals surface area contributed by atoms with Gasteiger partial charge in [0.2, 0.25) is 0 Å². The molecule has 84 valence electrons. The molecule has 0 amide bonds. The van der Waals surface area contributed by atoms with Crippen LogP contribution in [0.3, 0.4) is 0 Å². The van der Waals surface area contributed by atoms with Crippen LogP contribution in [-0.2, 0) is 0 Å². The van der Waals surface area contributed by atoms with Gasteiger partial charge in [0.25, 0.3) is 0 Å². The number of hydrogen-bond donors (Lipinski definition) is 0. The molecule has 1 aliphatic heterocycles. The second kappa shape index (κ2) is 6.62. The molecule has 15 heavy (non-hydrogen) atoms. The Bertz CT molecular complexity index is 219. The van der Waals surface area contributed by atoms with Gasteiger partial charge >= 0.3 is 0 Å². The monoisotopic (exact) mass is 205 g/mol. The molecule has 0 spiro atoms. The molecule has 2 atom stereocenters. The normalized spacial score (nSPS) is 27.2. The molecule has 2 unspecified atom stereocenters. The van der Waals surface area contributed by atoms with E-state index < -0.39 is 0 Å². The molecule has 0 saturated carbocycles. The predicted molar refractivity (Wildman–Crippen MR) is 67.9 cm³/mol. The van der Waals surface area contributed by atoms with Gasteiger partial charge in [-0.15, -0.1) is 19.7 Å². The van der Waals surface area contributed by atoms with Crippen molar-refractivity contribution in [1.29, 1.82) is 0 Å². The number of likely N-dealkylation sites (tertiary alicyclic amines) is 1. The maximum Gasteiger partial charge on any atom is 0.0160 e. The fourth-order valence-corrected chi connectivity index (χ4v) is 2.51. The minimum absolute atomic E-state index is 0.759. The molecule has 0 aromatic carbocycles. The van der Waals surface area contributed by atoms with E-state index in [1.165, 1.54) is 19.5 Å². The molecular formula is C14H23N. The van der Waals surface area contributed by atoms with Crippen LogP contribution < -0.4 is 0 Å². The maximum absolute atomic E-state index is 3.86. The molecule has 1 nitrogen and oxygen atoms in total. The van der Waals surface area contributed by atoms with E-state index in [9.17, 15) is 0 Å². The minimum Gasteiger partial charge on any atom is -0.299 e. The molecule has 1 saturated heterocycles. The van der Waals surface area contributed by atoms with Crippen molar-refractivity contribution in [3.63, 3.8) is 0 Å². The van der Waals surface area contributed by atoms with Gasteiger partial charge in [0.15, 0.2) is 0 Å². The van der Waals surface area contributed by atoms with Gasteiger partial charge in [0, 0.05) is 13.1 Å². The van der Waals surface area contributed by atoms with Gasteiger partial charge in [-0.3, -0.25) is 4.90 Å². The molecular weight excluding hydrogens is 182 g/mol. The van der Waals surface area contributed by atoms with Crippen LogP contribution >= 0.6 is 0 Å². The highest BCUT2D eigenvalue weighted by atomic mass is 15.1. The summed E-state index contributed by atoms with van der Waals surface area (Å²) in [4.78, 5) is 2.49. The molecule has 0 bridgehead atoms. The van der Waals surface area contributed by atoms with Crippen LogP contribution in [0.5, 0.6) is 0 Å². The van der Waals surface area contributed by atoms with Crippen molar-refractivity contribution >= 4 is 0 Å². The lowest BCUT2D eigenvalue weighted by molar-refractivity contribution is 0.132. The Morgan fingerprint density at radius 3 is 2.27 bits per heavy atom. The van der Waals surface area contributed by atoms with E-state index in [0.717, 1.165) is 31.2 Å². The molecule has 0 aromatic rings. The highest BCUT2D eigenvalue weighted by molar-refractivity contribution is 4.89. The summed E-state index contributed by atoms with van der Waals surface area (Å²) in [5.41, 5.74) is 0. The van der Waals surface area contributed by atoms with Crippen molar-refractivity contribution in [1.82, 2.24) is 4.90 Å². The molecule has 0 radical (unpaired) electrons. The van der Waals surface area contributed by atoms with E-state index in [1.54, 1.807) is 0 Å². The fourth-order valence-electron chi connectivity index (χ4n) is 2.51. The SMILES string of the molecule is C=CCC1CCN(CC=C)CC1CC=C. The lowest BCUT2D eigenvalue weighted by Gasteiger charge is -2.37. The van der Waals surface area contributed by atoms with E-state index >= 15 is 0 Å². The van der Waals surface area contributed by atoms with Crippen molar-refractivity contribution in [2.45, 2.75) is 19.3 Å². The Balaban J connectivity index is 2.51. The topological polar surface area (TPSA) is 3.24 Å². The van der Waals surface area contributed by atoms with Gasteiger partial charge in [-0.25, -0.2) is 0 Å². The molecule has 0 aliphatic carbocycles. The van der Waals surface area contributed by atoms with Crippen LogP contribution in [0.4, 0.5) is 0 Å². The lowest BCUT2D eigenvalue weighted by atomic mass is 9.81. The van der Waals surface area contributed by atoms with Crippen molar-refractivity contribution in [2.24, 2.45) is 11.8 Å². The van der Waals surface area contributed by atoms with Gasteiger partial charge in [-0.2, -0.15) is 0 Å². The van der Waals surface area contributed by atoms with Crippen molar-refractivity contribution < 1.29 is 0 Å². The summed E-state index contributed by atoms with van der Waals surface area (Å²) in [5, 5.41) is 0. The number of rotatable bonds is 6. The van der Waals surface area contributed by atoms with Gasteiger partial charge in [-0.05, 0) is 37.6 Å². The van der Waals surface area contributed by atoms with Crippen LogP contribution in [0.25, 0.3) is 0 Å². The van der Waals surface area contributed by atoms with Crippen molar-refractivity contribution in [3.05, 3.63) is 38.0 Å². The first-order valence-electron chi connectivity index (χ1n) is 5.86. The van der Waals surface area contributed by atoms with E-state index in [4.69, 9.17) is 0 Å². The summed E-state index contributed by atoms with van der Waals surface area (Å²) < 4.78 is 0. The average molecular weight is 205 g/mol. The molecule has 1 fully saturated rings. The van der Waals surface area contributed by atoms with E-state index in [1.807, 2.05) is 6.08 Å². The standard InChI is InChI=1S/C14H23N/c1-4-7-13-9-11-15(10-6-3)12-14(13)8-5-2/h4-6,13-14H,1-3,7-12H2. The molecule has 0 N–H and O–H groups in total. The Hall–Kier alpha value is -0.820. The summed E-state index contributed by atoms with van der Waals surface area (Å²) in [6.45, 7) is 14.9. The van der Waals surface area contributed by atoms with Crippen molar-refractivity contribution in [2.75, 3.05) is 19.6 Å². The zero-order chi connectivity index (χ0) is 11.1. The van der Waals surface area contributed by atoms with Crippen LogP contribution in [0, 0.1) is 11.8 Å². The zero-order valence-electron chi connectivity index (χ0n) is 9.70. The Morgan fingerprint density at radius 1 is 1.00 bits per heavy atom. The first-order chi connectivity index (χ1) is 7.31. The van der Waals surface area contributed by atoms with Gasteiger partial charge in [0.1, 0.15) is 0 Å². The largest absolute Gasteiger partial charge is 0.299 e. The smallest absolute Gasteiger partial charge is 0.0160 e. The van der Waals surface area contributed by atoms with Crippen LogP contribution in [0.15, 0.2) is 38.0 Å². The molecule has 1 aliphatic rings. The second-order valence-electron chi connectivity index (χ2n) is 4.41. The zero-order valence-corrected chi connectivity index (χ0v) is 9.70. The Kier molecular flexibility index (Phi) is 5.41. The molecule has 1 heterocycles. The lowest BCUT2D eigenvalue weighted by Crippen LogP contribution is -2.40. The third kappa shape index (κ3) is 3.67. The van der Waals surface area contributed by atoms with Gasteiger partial charge in [0.05, 0.1) is 0 Å². The van der Waals surface area contributed by atoms with E-state index in [0.29, 0.717) is 0 Å². The number of piperidine rings is 1. The predicted octanol–water partition coefficient (Wildman–Crippen LogP) is 3.26. The third-order valence-electron chi connectivity index (χ3n) is 3.30. The summed E-state index contributed by atoms with van der Waals surface area (Å²) >= 11 is 0. The second-order valence-corrected chi connectivity index (χ2v) is 4.41. The Morgan fingerprint density at radius 2 is 1.67 bits per heavy atom. The van der Waals surface area contributed by atoms with Crippen molar-refractivity contribution in [3.8, 4) is 0 Å². The third-order valence-corrected chi connectivity index (χ3v) is 3.30. The molecule has 1 heteroatoms. The quantitative estimate of drug-likeness (QED) is 0.602. The fraction of sp³-hybridized carbons (Fsp3) is 0.571. The summed E-state index contributed by atoms with van der Waals surface area (Å²) in [6.07, 6.45) is 9.69. The number of nitrogens with zero attached hydrogens (tertiary/aromatic N) is 1. The van der Waals surface area contributed by atoms with Crippen LogP contribution in [-0.4, -0.2) is 24.5 Å². The molecule has 1 rings (SSSR count).